The number of fused-ring (bicyclic) bond motifs is 1. The van der Waals surface area contributed by atoms with Crippen LogP contribution in [0.5, 0.6) is 5.75 Å². The fourth-order valence-corrected chi connectivity index (χ4v) is 3.05. The largest absolute Gasteiger partial charge is 0.493 e. The van der Waals surface area contributed by atoms with Crippen molar-refractivity contribution in [3.63, 3.8) is 0 Å². The maximum Gasteiger partial charge on any atom is 0.251 e. The van der Waals surface area contributed by atoms with E-state index in [2.05, 4.69) is 10.6 Å². The van der Waals surface area contributed by atoms with E-state index in [0.29, 0.717) is 18.7 Å². The van der Waals surface area contributed by atoms with E-state index in [1.165, 1.54) is 0 Å². The molecular weight excluding hydrogens is 304 g/mol. The summed E-state index contributed by atoms with van der Waals surface area (Å²) in [7, 11) is 1.62. The number of carbonyl (C=O) groups excluding carboxylic acids is 1. The molecule has 5 heteroatoms. The number of amides is 1. The van der Waals surface area contributed by atoms with E-state index < -0.39 is 0 Å². The molecule has 24 heavy (non-hydrogen) atoms. The molecule has 2 aromatic carbocycles. The number of hydrogen-bond donors (Lipinski definition) is 3. The molecule has 0 fully saturated rings. The molecule has 3 rings (SSSR count). The second kappa shape index (κ2) is 7.47. The van der Waals surface area contributed by atoms with E-state index in [1.54, 1.807) is 13.1 Å². The van der Waals surface area contributed by atoms with Crippen LogP contribution in [0.4, 0.5) is 0 Å². The van der Waals surface area contributed by atoms with Crippen molar-refractivity contribution in [3.8, 4) is 5.75 Å². The van der Waals surface area contributed by atoms with Gasteiger partial charge in [0.1, 0.15) is 5.75 Å². The Hall–Kier alpha value is -2.37. The summed E-state index contributed by atoms with van der Waals surface area (Å²) in [4.78, 5) is 11.8. The van der Waals surface area contributed by atoms with Gasteiger partial charge in [-0.1, -0.05) is 30.3 Å². The van der Waals surface area contributed by atoms with Gasteiger partial charge in [0.05, 0.1) is 13.2 Å². The second-order valence-corrected chi connectivity index (χ2v) is 5.93. The third kappa shape index (κ3) is 3.42. The van der Waals surface area contributed by atoms with Crippen molar-refractivity contribution >= 4 is 5.91 Å². The molecule has 0 saturated heterocycles. The Morgan fingerprint density at radius 2 is 2.08 bits per heavy atom. The van der Waals surface area contributed by atoms with Crippen molar-refractivity contribution in [1.82, 2.24) is 10.6 Å². The van der Waals surface area contributed by atoms with E-state index in [0.717, 1.165) is 16.9 Å². The first-order valence-corrected chi connectivity index (χ1v) is 8.10. The number of carbonyl (C=O) groups is 1. The van der Waals surface area contributed by atoms with E-state index in [4.69, 9.17) is 4.74 Å². The van der Waals surface area contributed by atoms with Gasteiger partial charge in [0.25, 0.3) is 5.91 Å². The Labute approximate surface area is 141 Å². The Morgan fingerprint density at radius 3 is 2.88 bits per heavy atom. The Balaban J connectivity index is 1.77. The summed E-state index contributed by atoms with van der Waals surface area (Å²) in [6, 6.07) is 15.4. The minimum absolute atomic E-state index is 0.00187. The third-order valence-corrected chi connectivity index (χ3v) is 4.36. The van der Waals surface area contributed by atoms with Crippen LogP contribution in [0.15, 0.2) is 48.5 Å². The predicted octanol–water partition coefficient (Wildman–Crippen LogP) is 1.88. The molecule has 0 aromatic heterocycles. The molecular formula is C19H22N2O3. The van der Waals surface area contributed by atoms with Gasteiger partial charge >= 0.3 is 0 Å². The SMILES string of the molecule is CNC(=O)c1cccc(CN[C@H]2c3ccccc3OC[C@H]2CO)c1. The number of nitrogens with one attached hydrogen (secondary N) is 2. The molecule has 2 atom stereocenters. The van der Waals surface area contributed by atoms with Gasteiger partial charge in [0, 0.05) is 36.7 Å². The van der Waals surface area contributed by atoms with Gasteiger partial charge in [0.15, 0.2) is 0 Å². The molecule has 0 bridgehead atoms. The zero-order valence-electron chi connectivity index (χ0n) is 13.7. The summed E-state index contributed by atoms with van der Waals surface area (Å²) in [5.74, 6) is 0.766. The lowest BCUT2D eigenvalue weighted by atomic mass is 9.91. The average molecular weight is 326 g/mol. The number of para-hydroxylation sites is 1. The number of benzene rings is 2. The van der Waals surface area contributed by atoms with Gasteiger partial charge < -0.3 is 20.5 Å². The quantitative estimate of drug-likeness (QED) is 0.785. The molecule has 0 spiro atoms. The fraction of sp³-hybridized carbons (Fsp3) is 0.316. The van der Waals surface area contributed by atoms with E-state index >= 15 is 0 Å². The van der Waals surface area contributed by atoms with E-state index in [-0.39, 0.29) is 24.5 Å². The maximum absolute atomic E-state index is 11.8. The normalized spacial score (nSPS) is 19.2. The van der Waals surface area contributed by atoms with Crippen LogP contribution in [0.25, 0.3) is 0 Å². The summed E-state index contributed by atoms with van der Waals surface area (Å²) in [5.41, 5.74) is 2.73. The van der Waals surface area contributed by atoms with Crippen LogP contribution in [0, 0.1) is 5.92 Å². The highest BCUT2D eigenvalue weighted by Crippen LogP contribution is 2.35. The van der Waals surface area contributed by atoms with Crippen molar-refractivity contribution in [2.24, 2.45) is 5.92 Å². The summed E-state index contributed by atoms with van der Waals surface area (Å²) >= 11 is 0. The summed E-state index contributed by atoms with van der Waals surface area (Å²) in [6.07, 6.45) is 0. The molecule has 2 aromatic rings. The zero-order chi connectivity index (χ0) is 16.9. The van der Waals surface area contributed by atoms with Gasteiger partial charge in [-0.15, -0.1) is 0 Å². The van der Waals surface area contributed by atoms with Crippen LogP contribution in [0.1, 0.15) is 27.5 Å². The summed E-state index contributed by atoms with van der Waals surface area (Å²) < 4.78 is 5.72. The lowest BCUT2D eigenvalue weighted by Crippen LogP contribution is -2.37. The summed E-state index contributed by atoms with van der Waals surface area (Å²) in [5, 5.41) is 15.8. The molecule has 1 amide bonds. The highest BCUT2D eigenvalue weighted by molar-refractivity contribution is 5.94. The maximum atomic E-state index is 11.8. The van der Waals surface area contributed by atoms with Gasteiger partial charge in [-0.25, -0.2) is 0 Å². The first-order chi connectivity index (χ1) is 11.7. The van der Waals surface area contributed by atoms with Crippen molar-refractivity contribution < 1.29 is 14.6 Å². The number of aliphatic hydroxyl groups excluding tert-OH is 1. The molecule has 3 N–H and O–H groups in total. The van der Waals surface area contributed by atoms with Crippen LogP contribution in [-0.4, -0.2) is 31.3 Å². The highest BCUT2D eigenvalue weighted by atomic mass is 16.5. The molecule has 0 radical (unpaired) electrons. The topological polar surface area (TPSA) is 70.6 Å². The van der Waals surface area contributed by atoms with E-state index in [9.17, 15) is 9.90 Å². The van der Waals surface area contributed by atoms with Crippen LogP contribution in [-0.2, 0) is 6.54 Å². The summed E-state index contributed by atoms with van der Waals surface area (Å²) in [6.45, 7) is 1.16. The fourth-order valence-electron chi connectivity index (χ4n) is 3.05. The standard InChI is InChI=1S/C19H22N2O3/c1-20-19(23)14-6-4-5-13(9-14)10-21-18-15(11-22)12-24-17-8-3-2-7-16(17)18/h2-9,15,18,21-22H,10-12H2,1H3,(H,20,23)/t15-,18-/m1/s1. The lowest BCUT2D eigenvalue weighted by Gasteiger charge is -2.33. The Kier molecular flexibility index (Phi) is 5.13. The molecule has 0 aliphatic carbocycles. The lowest BCUT2D eigenvalue weighted by molar-refractivity contribution is 0.0963. The average Bonchev–Trinajstić information content (AvgIpc) is 2.65. The minimum Gasteiger partial charge on any atom is -0.493 e. The van der Waals surface area contributed by atoms with E-state index in [1.807, 2.05) is 42.5 Å². The second-order valence-electron chi connectivity index (χ2n) is 5.93. The minimum atomic E-state index is -0.0958. The molecule has 5 nitrogen and oxygen atoms in total. The van der Waals surface area contributed by atoms with Crippen molar-refractivity contribution in [2.45, 2.75) is 12.6 Å². The van der Waals surface area contributed by atoms with Crippen LogP contribution < -0.4 is 15.4 Å². The number of rotatable bonds is 5. The Bertz CT molecular complexity index is 717. The van der Waals surface area contributed by atoms with Crippen LogP contribution in [0.3, 0.4) is 0 Å². The predicted molar refractivity (Wildman–Crippen MR) is 91.9 cm³/mol. The smallest absolute Gasteiger partial charge is 0.251 e. The molecule has 126 valence electrons. The molecule has 0 unspecified atom stereocenters. The zero-order valence-corrected chi connectivity index (χ0v) is 13.7. The molecule has 1 aliphatic heterocycles. The molecule has 1 heterocycles. The molecule has 0 saturated carbocycles. The third-order valence-electron chi connectivity index (χ3n) is 4.36. The van der Waals surface area contributed by atoms with Gasteiger partial charge in [-0.2, -0.15) is 0 Å². The van der Waals surface area contributed by atoms with Crippen molar-refractivity contribution in [1.29, 1.82) is 0 Å². The van der Waals surface area contributed by atoms with Crippen LogP contribution in [0.2, 0.25) is 0 Å². The molecule has 1 aliphatic rings. The van der Waals surface area contributed by atoms with Gasteiger partial charge in [0.2, 0.25) is 0 Å². The highest BCUT2D eigenvalue weighted by Gasteiger charge is 2.29. The monoisotopic (exact) mass is 326 g/mol. The first-order valence-electron chi connectivity index (χ1n) is 8.10. The Morgan fingerprint density at radius 1 is 1.25 bits per heavy atom. The number of hydrogen-bond acceptors (Lipinski definition) is 4. The van der Waals surface area contributed by atoms with Gasteiger partial charge in [-0.05, 0) is 23.8 Å². The van der Waals surface area contributed by atoms with Crippen molar-refractivity contribution in [3.05, 3.63) is 65.2 Å². The first kappa shape index (κ1) is 16.5. The number of aliphatic hydroxyl groups is 1. The van der Waals surface area contributed by atoms with Crippen molar-refractivity contribution in [2.75, 3.05) is 20.3 Å². The number of ether oxygens (including phenoxy) is 1. The van der Waals surface area contributed by atoms with Crippen LogP contribution >= 0.6 is 0 Å². The van der Waals surface area contributed by atoms with Gasteiger partial charge in [-0.3, -0.25) is 4.79 Å².